The van der Waals surface area contributed by atoms with Crippen molar-refractivity contribution in [2.75, 3.05) is 5.32 Å². The molecule has 8 heteroatoms. The van der Waals surface area contributed by atoms with E-state index in [0.717, 1.165) is 6.07 Å². The molecule has 0 fully saturated rings. The SMILES string of the molecule is O=C1c2cc(Nc3ccccc3)c([N+](=O)[O-])c(O)c2C(=O)c2cccc(O)c21. The van der Waals surface area contributed by atoms with Gasteiger partial charge >= 0.3 is 5.69 Å². The number of nitrogens with one attached hydrogen (secondary N) is 1. The van der Waals surface area contributed by atoms with Crippen LogP contribution in [0, 0.1) is 10.1 Å². The summed E-state index contributed by atoms with van der Waals surface area (Å²) in [6.45, 7) is 0. The number of carbonyl (C=O) groups excluding carboxylic acids is 2. The Bertz CT molecular complexity index is 1170. The van der Waals surface area contributed by atoms with Crippen LogP contribution in [0.3, 0.4) is 0 Å². The molecule has 1 aliphatic carbocycles. The maximum Gasteiger partial charge on any atom is 0.334 e. The Labute approximate surface area is 157 Å². The molecule has 0 aliphatic heterocycles. The van der Waals surface area contributed by atoms with Crippen LogP contribution in [0.5, 0.6) is 11.5 Å². The first-order valence-corrected chi connectivity index (χ1v) is 8.18. The van der Waals surface area contributed by atoms with E-state index in [-0.39, 0.29) is 28.1 Å². The average molecular weight is 376 g/mol. The van der Waals surface area contributed by atoms with Gasteiger partial charge in [-0.15, -0.1) is 0 Å². The Balaban J connectivity index is 1.98. The number of benzene rings is 3. The van der Waals surface area contributed by atoms with E-state index in [1.807, 2.05) is 0 Å². The monoisotopic (exact) mass is 376 g/mol. The molecule has 0 amide bonds. The van der Waals surface area contributed by atoms with E-state index in [1.54, 1.807) is 30.3 Å². The van der Waals surface area contributed by atoms with Gasteiger partial charge in [0.1, 0.15) is 11.4 Å². The van der Waals surface area contributed by atoms with Gasteiger partial charge in [-0.1, -0.05) is 30.3 Å². The zero-order chi connectivity index (χ0) is 20.0. The molecule has 8 nitrogen and oxygen atoms in total. The highest BCUT2D eigenvalue weighted by Gasteiger charge is 2.38. The molecular weight excluding hydrogens is 364 g/mol. The van der Waals surface area contributed by atoms with Crippen LogP contribution in [0.1, 0.15) is 31.8 Å². The Morgan fingerprint density at radius 1 is 0.857 bits per heavy atom. The first-order chi connectivity index (χ1) is 13.4. The highest BCUT2D eigenvalue weighted by molar-refractivity contribution is 6.31. The molecule has 3 aromatic carbocycles. The van der Waals surface area contributed by atoms with Gasteiger partial charge < -0.3 is 15.5 Å². The normalized spacial score (nSPS) is 12.3. The van der Waals surface area contributed by atoms with Crippen molar-refractivity contribution in [3.8, 4) is 11.5 Å². The van der Waals surface area contributed by atoms with Gasteiger partial charge in [0.05, 0.1) is 16.1 Å². The van der Waals surface area contributed by atoms with Crippen molar-refractivity contribution in [1.29, 1.82) is 0 Å². The van der Waals surface area contributed by atoms with Crippen LogP contribution in [-0.2, 0) is 0 Å². The Morgan fingerprint density at radius 2 is 1.54 bits per heavy atom. The van der Waals surface area contributed by atoms with Crippen molar-refractivity contribution in [2.45, 2.75) is 0 Å². The zero-order valence-corrected chi connectivity index (χ0v) is 14.2. The Kier molecular flexibility index (Phi) is 3.82. The molecule has 4 rings (SSSR count). The summed E-state index contributed by atoms with van der Waals surface area (Å²) in [7, 11) is 0. The predicted molar refractivity (Wildman–Crippen MR) is 99.5 cm³/mol. The van der Waals surface area contributed by atoms with Crippen molar-refractivity contribution in [3.05, 3.63) is 87.0 Å². The van der Waals surface area contributed by atoms with Gasteiger partial charge in [-0.3, -0.25) is 19.7 Å². The second-order valence-electron chi connectivity index (χ2n) is 6.15. The van der Waals surface area contributed by atoms with Gasteiger partial charge in [0.25, 0.3) is 0 Å². The predicted octanol–water partition coefficient (Wildman–Crippen LogP) is 3.53. The summed E-state index contributed by atoms with van der Waals surface area (Å²) in [5, 5.41) is 34.9. The number of hydrogen-bond acceptors (Lipinski definition) is 7. The number of nitrogens with zero attached hydrogens (tertiary/aromatic N) is 1. The van der Waals surface area contributed by atoms with Crippen molar-refractivity contribution in [3.63, 3.8) is 0 Å². The quantitative estimate of drug-likeness (QED) is 0.368. The third kappa shape index (κ3) is 2.47. The minimum absolute atomic E-state index is 0.120. The molecule has 0 spiro atoms. The summed E-state index contributed by atoms with van der Waals surface area (Å²) in [5.74, 6) is -2.75. The molecule has 3 N–H and O–H groups in total. The van der Waals surface area contributed by atoms with E-state index < -0.39 is 33.5 Å². The van der Waals surface area contributed by atoms with Crippen molar-refractivity contribution < 1.29 is 24.7 Å². The minimum atomic E-state index is -0.895. The number of rotatable bonds is 3. The van der Waals surface area contributed by atoms with E-state index in [1.165, 1.54) is 18.2 Å². The van der Waals surface area contributed by atoms with Crippen LogP contribution in [0.4, 0.5) is 17.1 Å². The summed E-state index contributed by atoms with van der Waals surface area (Å²) < 4.78 is 0. The number of aromatic hydroxyl groups is 2. The van der Waals surface area contributed by atoms with Gasteiger partial charge in [-0.2, -0.15) is 0 Å². The van der Waals surface area contributed by atoms with E-state index >= 15 is 0 Å². The number of nitro groups is 1. The van der Waals surface area contributed by atoms with Gasteiger partial charge in [0, 0.05) is 16.8 Å². The lowest BCUT2D eigenvalue weighted by molar-refractivity contribution is -0.384. The van der Waals surface area contributed by atoms with E-state index in [9.17, 15) is 29.9 Å². The second-order valence-corrected chi connectivity index (χ2v) is 6.15. The molecule has 28 heavy (non-hydrogen) atoms. The summed E-state index contributed by atoms with van der Waals surface area (Å²) in [4.78, 5) is 36.4. The van der Waals surface area contributed by atoms with E-state index in [4.69, 9.17) is 0 Å². The topological polar surface area (TPSA) is 130 Å². The fraction of sp³-hybridized carbons (Fsp3) is 0. The second kappa shape index (κ2) is 6.20. The number of ketones is 2. The third-order valence-electron chi connectivity index (χ3n) is 4.50. The van der Waals surface area contributed by atoms with Crippen LogP contribution in [-0.4, -0.2) is 26.7 Å². The minimum Gasteiger partial charge on any atom is -0.507 e. The van der Waals surface area contributed by atoms with E-state index in [0.29, 0.717) is 5.69 Å². The number of phenols is 2. The van der Waals surface area contributed by atoms with Gasteiger partial charge in [0.15, 0.2) is 11.6 Å². The maximum atomic E-state index is 12.9. The molecule has 0 saturated carbocycles. The van der Waals surface area contributed by atoms with Crippen LogP contribution < -0.4 is 5.32 Å². The van der Waals surface area contributed by atoms with Crippen LogP contribution in [0.2, 0.25) is 0 Å². The molecule has 3 aromatic rings. The summed E-state index contributed by atoms with van der Waals surface area (Å²) in [6, 6.07) is 13.6. The number of hydrogen-bond donors (Lipinski definition) is 3. The lowest BCUT2D eigenvalue weighted by Gasteiger charge is -2.20. The molecular formula is C20H12N2O6. The fourth-order valence-electron chi connectivity index (χ4n) is 3.26. The van der Waals surface area contributed by atoms with E-state index in [2.05, 4.69) is 5.32 Å². The standard InChI is InChI=1S/C20H12N2O6/c23-14-8-4-7-11-15(14)19(25)12-9-13(21-10-5-2-1-3-6-10)17(22(27)28)20(26)16(12)18(11)24/h1-9,21,23,26H. The zero-order valence-electron chi connectivity index (χ0n) is 14.2. The highest BCUT2D eigenvalue weighted by Crippen LogP contribution is 2.45. The smallest absolute Gasteiger partial charge is 0.334 e. The molecule has 0 saturated heterocycles. The number of anilines is 2. The van der Waals surface area contributed by atoms with Gasteiger partial charge in [-0.25, -0.2) is 0 Å². The first kappa shape index (κ1) is 17.2. The largest absolute Gasteiger partial charge is 0.507 e. The lowest BCUT2D eigenvalue weighted by Crippen LogP contribution is -2.22. The number of fused-ring (bicyclic) bond motifs is 2. The van der Waals surface area contributed by atoms with Crippen molar-refractivity contribution in [1.82, 2.24) is 0 Å². The van der Waals surface area contributed by atoms with Crippen LogP contribution in [0.25, 0.3) is 0 Å². The van der Waals surface area contributed by atoms with Crippen molar-refractivity contribution >= 4 is 28.6 Å². The highest BCUT2D eigenvalue weighted by atomic mass is 16.6. The summed E-state index contributed by atoms with van der Waals surface area (Å²) >= 11 is 0. The number of para-hydroxylation sites is 1. The summed E-state index contributed by atoms with van der Waals surface area (Å²) in [6.07, 6.45) is 0. The molecule has 0 bridgehead atoms. The molecule has 138 valence electrons. The van der Waals surface area contributed by atoms with Crippen LogP contribution >= 0.6 is 0 Å². The molecule has 0 unspecified atom stereocenters. The number of carbonyl (C=O) groups is 2. The molecule has 0 heterocycles. The third-order valence-corrected chi connectivity index (χ3v) is 4.50. The number of phenolic OH excluding ortho intramolecular Hbond substituents is 2. The number of nitro benzene ring substituents is 1. The molecule has 0 radical (unpaired) electrons. The molecule has 0 aromatic heterocycles. The summed E-state index contributed by atoms with van der Waals surface area (Å²) in [5.41, 5.74) is -1.36. The first-order valence-electron chi connectivity index (χ1n) is 8.18. The fourth-order valence-corrected chi connectivity index (χ4v) is 3.26. The van der Waals surface area contributed by atoms with Gasteiger partial charge in [0.2, 0.25) is 5.75 Å². The Morgan fingerprint density at radius 3 is 2.21 bits per heavy atom. The van der Waals surface area contributed by atoms with Crippen molar-refractivity contribution in [2.24, 2.45) is 0 Å². The lowest BCUT2D eigenvalue weighted by atomic mass is 9.82. The molecule has 1 aliphatic rings. The van der Waals surface area contributed by atoms with Gasteiger partial charge in [-0.05, 0) is 24.3 Å². The maximum absolute atomic E-state index is 12.9. The average Bonchev–Trinajstić information content (AvgIpc) is 2.66. The Hall–Kier alpha value is -4.20. The molecule has 0 atom stereocenters. The van der Waals surface area contributed by atoms with Crippen LogP contribution in [0.15, 0.2) is 54.6 Å².